The summed E-state index contributed by atoms with van der Waals surface area (Å²) in [6.07, 6.45) is 0.784. The van der Waals surface area contributed by atoms with Crippen LogP contribution in [0.25, 0.3) is 0 Å². The molecule has 0 heterocycles. The first-order valence-corrected chi connectivity index (χ1v) is 4.93. The Balaban J connectivity index is 3.69. The Morgan fingerprint density at radius 3 is 2.60 bits per heavy atom. The van der Waals surface area contributed by atoms with Gasteiger partial charge in [0.05, 0.1) is 13.0 Å². The Labute approximate surface area is 89.1 Å². The summed E-state index contributed by atoms with van der Waals surface area (Å²) in [7, 11) is 0. The maximum absolute atomic E-state index is 11.0. The highest BCUT2D eigenvalue weighted by atomic mass is 16.5. The normalized spacial score (nSPS) is 11.2. The first-order chi connectivity index (χ1) is 7.06. The van der Waals surface area contributed by atoms with Gasteiger partial charge < -0.3 is 9.84 Å². The lowest BCUT2D eigenvalue weighted by Crippen LogP contribution is -2.09. The van der Waals surface area contributed by atoms with E-state index in [1.54, 1.807) is 13.8 Å². The van der Waals surface area contributed by atoms with Gasteiger partial charge in [0.2, 0.25) is 0 Å². The number of ether oxygens (including phenoxy) is 1. The lowest BCUT2D eigenvalue weighted by Gasteiger charge is -2.01. The lowest BCUT2D eigenvalue weighted by molar-refractivity contribution is -0.141. The summed E-state index contributed by atoms with van der Waals surface area (Å²) in [4.78, 5) is 25.3. The third-order valence-electron chi connectivity index (χ3n) is 1.64. The summed E-state index contributed by atoms with van der Waals surface area (Å²) in [5.74, 6) is -1.12. The average molecular weight is 215 g/mol. The fraction of sp³-hybridized carbons (Fsp3) is 0.700. The molecule has 0 unspecified atom stereocenters. The third kappa shape index (κ3) is 8.93. The molecule has 0 saturated heterocycles. The van der Waals surface area contributed by atoms with Crippen molar-refractivity contribution in [2.45, 2.75) is 33.1 Å². The molecule has 0 radical (unpaired) electrons. The summed E-state index contributed by atoms with van der Waals surface area (Å²) < 4.78 is 4.74. The highest BCUT2D eigenvalue weighted by Gasteiger charge is 2.03. The summed E-state index contributed by atoms with van der Waals surface area (Å²) in [6, 6.07) is 0. The Kier molecular flexibility index (Phi) is 7.23. The summed E-state index contributed by atoms with van der Waals surface area (Å²) >= 11 is 0. The van der Waals surface area contributed by atoms with Crippen molar-refractivity contribution in [3.05, 3.63) is 0 Å². The van der Waals surface area contributed by atoms with Gasteiger partial charge in [-0.15, -0.1) is 0 Å². The highest BCUT2D eigenvalue weighted by Crippen LogP contribution is 1.94. The number of carbonyl (C=O) groups excluding carboxylic acids is 1. The molecule has 0 amide bonds. The van der Waals surface area contributed by atoms with Gasteiger partial charge >= 0.3 is 11.9 Å². The summed E-state index contributed by atoms with van der Waals surface area (Å²) in [5, 5.41) is 8.37. The maximum Gasteiger partial charge on any atom is 0.311 e. The van der Waals surface area contributed by atoms with Crippen LogP contribution in [-0.2, 0) is 14.3 Å². The van der Waals surface area contributed by atoms with E-state index < -0.39 is 5.97 Å². The predicted molar refractivity (Wildman–Crippen MR) is 56.1 cm³/mol. The number of aliphatic carboxylic acids is 1. The molecule has 0 bridgehead atoms. The molecule has 0 atom stereocenters. The van der Waals surface area contributed by atoms with E-state index in [9.17, 15) is 9.59 Å². The molecule has 0 aliphatic heterocycles. The Hall–Kier alpha value is -1.39. The van der Waals surface area contributed by atoms with Crippen LogP contribution in [0.1, 0.15) is 33.1 Å². The zero-order valence-corrected chi connectivity index (χ0v) is 9.15. The molecule has 0 spiro atoms. The fourth-order valence-corrected chi connectivity index (χ4v) is 0.977. The van der Waals surface area contributed by atoms with Crippen molar-refractivity contribution in [3.63, 3.8) is 0 Å². The smallest absolute Gasteiger partial charge is 0.311 e. The van der Waals surface area contributed by atoms with Gasteiger partial charge in [-0.2, -0.15) is 0 Å². The molecule has 5 heteroatoms. The van der Waals surface area contributed by atoms with Gasteiger partial charge in [-0.1, -0.05) is 0 Å². The fourth-order valence-electron chi connectivity index (χ4n) is 0.977. The highest BCUT2D eigenvalue weighted by molar-refractivity contribution is 5.97. The lowest BCUT2D eigenvalue weighted by atomic mass is 10.3. The minimum atomic E-state index is -0.826. The second-order valence-corrected chi connectivity index (χ2v) is 3.10. The number of hydrogen-bond donors (Lipinski definition) is 1. The second-order valence-electron chi connectivity index (χ2n) is 3.10. The van der Waals surface area contributed by atoms with E-state index in [4.69, 9.17) is 9.84 Å². The first-order valence-electron chi connectivity index (χ1n) is 4.93. The first kappa shape index (κ1) is 13.6. The van der Waals surface area contributed by atoms with E-state index in [1.165, 1.54) is 0 Å². The quantitative estimate of drug-likeness (QED) is 0.394. The molecule has 86 valence electrons. The number of rotatable bonds is 7. The van der Waals surface area contributed by atoms with Gasteiger partial charge in [0, 0.05) is 18.7 Å². The van der Waals surface area contributed by atoms with Crippen LogP contribution >= 0.6 is 0 Å². The third-order valence-corrected chi connectivity index (χ3v) is 1.64. The van der Waals surface area contributed by atoms with Gasteiger partial charge in [-0.05, 0) is 20.3 Å². The molecule has 0 aliphatic carbocycles. The molecular weight excluding hydrogens is 198 g/mol. The van der Waals surface area contributed by atoms with Crippen LogP contribution in [0.2, 0.25) is 0 Å². The number of hydrogen-bond acceptors (Lipinski definition) is 4. The van der Waals surface area contributed by atoms with Crippen molar-refractivity contribution < 1.29 is 19.4 Å². The number of aliphatic imine (C=N–C) groups is 1. The largest absolute Gasteiger partial charge is 0.481 e. The molecule has 0 aromatic rings. The SMILES string of the molecule is CCOC(=O)CC(C)=NCCCC(=O)O. The van der Waals surface area contributed by atoms with Gasteiger partial charge in [-0.3, -0.25) is 14.6 Å². The summed E-state index contributed by atoms with van der Waals surface area (Å²) in [5.41, 5.74) is 0.679. The number of carboxylic acids is 1. The standard InChI is InChI=1S/C10H17NO4/c1-3-15-10(14)7-8(2)11-6-4-5-9(12)13/h3-7H2,1-2H3,(H,12,13). The van der Waals surface area contributed by atoms with E-state index in [1.807, 2.05) is 0 Å². The molecule has 1 N–H and O–H groups in total. The average Bonchev–Trinajstić information content (AvgIpc) is 2.12. The Bertz CT molecular complexity index is 248. The monoisotopic (exact) mass is 215 g/mol. The van der Waals surface area contributed by atoms with Crippen molar-refractivity contribution in [3.8, 4) is 0 Å². The van der Waals surface area contributed by atoms with Crippen molar-refractivity contribution in [1.82, 2.24) is 0 Å². The van der Waals surface area contributed by atoms with Crippen LogP contribution in [0.15, 0.2) is 4.99 Å². The van der Waals surface area contributed by atoms with E-state index in [0.717, 1.165) is 0 Å². The van der Waals surface area contributed by atoms with E-state index in [2.05, 4.69) is 4.99 Å². The zero-order valence-electron chi connectivity index (χ0n) is 9.15. The van der Waals surface area contributed by atoms with Crippen molar-refractivity contribution in [2.24, 2.45) is 4.99 Å². The zero-order chi connectivity index (χ0) is 11.7. The minimum Gasteiger partial charge on any atom is -0.481 e. The molecule has 0 aliphatic rings. The Morgan fingerprint density at radius 2 is 2.07 bits per heavy atom. The minimum absolute atomic E-state index is 0.107. The molecule has 5 nitrogen and oxygen atoms in total. The maximum atomic E-state index is 11.0. The number of esters is 1. The second kappa shape index (κ2) is 7.96. The molecule has 0 aromatic carbocycles. The van der Waals surface area contributed by atoms with Gasteiger partial charge in [0.1, 0.15) is 0 Å². The van der Waals surface area contributed by atoms with Crippen molar-refractivity contribution >= 4 is 17.7 Å². The molecule has 0 saturated carbocycles. The predicted octanol–water partition coefficient (Wildman–Crippen LogP) is 1.27. The van der Waals surface area contributed by atoms with E-state index in [0.29, 0.717) is 25.3 Å². The van der Waals surface area contributed by atoms with Crippen LogP contribution in [0.4, 0.5) is 0 Å². The van der Waals surface area contributed by atoms with Gasteiger partial charge in [0.25, 0.3) is 0 Å². The van der Waals surface area contributed by atoms with Crippen LogP contribution in [0, 0.1) is 0 Å². The molecule has 0 aromatic heterocycles. The van der Waals surface area contributed by atoms with Crippen molar-refractivity contribution in [1.29, 1.82) is 0 Å². The summed E-state index contributed by atoms with van der Waals surface area (Å²) in [6.45, 7) is 4.29. The topological polar surface area (TPSA) is 76.0 Å². The number of carbonyl (C=O) groups is 2. The number of nitrogens with zero attached hydrogens (tertiary/aromatic N) is 1. The van der Waals surface area contributed by atoms with E-state index >= 15 is 0 Å². The molecule has 0 fully saturated rings. The number of carboxylic acid groups (broad SMARTS) is 1. The van der Waals surface area contributed by atoms with Gasteiger partial charge in [-0.25, -0.2) is 0 Å². The van der Waals surface area contributed by atoms with Crippen LogP contribution in [0.3, 0.4) is 0 Å². The molecular formula is C10H17NO4. The van der Waals surface area contributed by atoms with Crippen LogP contribution in [-0.4, -0.2) is 35.9 Å². The van der Waals surface area contributed by atoms with Gasteiger partial charge in [0.15, 0.2) is 0 Å². The van der Waals surface area contributed by atoms with Crippen molar-refractivity contribution in [2.75, 3.05) is 13.2 Å². The Morgan fingerprint density at radius 1 is 1.40 bits per heavy atom. The molecule has 15 heavy (non-hydrogen) atoms. The van der Waals surface area contributed by atoms with Crippen LogP contribution in [0.5, 0.6) is 0 Å². The van der Waals surface area contributed by atoms with Crippen LogP contribution < -0.4 is 0 Å². The molecule has 0 rings (SSSR count). The van der Waals surface area contributed by atoms with E-state index in [-0.39, 0.29) is 18.8 Å².